The lowest BCUT2D eigenvalue weighted by Crippen LogP contribution is -2.46. The molecule has 2 aliphatic rings. The highest BCUT2D eigenvalue weighted by Gasteiger charge is 2.30. The minimum atomic E-state index is -0.283. The van der Waals surface area contributed by atoms with Gasteiger partial charge in [0.1, 0.15) is 10.9 Å². The molecule has 3 N–H and O–H groups in total. The highest BCUT2D eigenvalue weighted by molar-refractivity contribution is 6.00. The Morgan fingerprint density at radius 2 is 2.10 bits per heavy atom. The van der Waals surface area contributed by atoms with E-state index >= 15 is 0 Å². The number of anilines is 1. The highest BCUT2D eigenvalue weighted by Crippen LogP contribution is 2.28. The van der Waals surface area contributed by atoms with Gasteiger partial charge in [-0.1, -0.05) is 11.1 Å². The van der Waals surface area contributed by atoms with Gasteiger partial charge < -0.3 is 15.8 Å². The van der Waals surface area contributed by atoms with Gasteiger partial charge in [-0.15, -0.1) is 0 Å². The smallest absolute Gasteiger partial charge is 0.278 e. The van der Waals surface area contributed by atoms with Crippen LogP contribution >= 0.6 is 0 Å². The van der Waals surface area contributed by atoms with Crippen LogP contribution < -0.4 is 21.2 Å². The summed E-state index contributed by atoms with van der Waals surface area (Å²) in [6, 6.07) is 7.17. The Bertz CT molecular complexity index is 1180. The van der Waals surface area contributed by atoms with Crippen LogP contribution in [-0.4, -0.2) is 34.5 Å². The van der Waals surface area contributed by atoms with E-state index in [0.717, 1.165) is 45.1 Å². The highest BCUT2D eigenvalue weighted by atomic mass is 16.5. The summed E-state index contributed by atoms with van der Waals surface area (Å²) in [4.78, 5) is 31.0. The normalized spacial score (nSPS) is 19.7. The van der Waals surface area contributed by atoms with Gasteiger partial charge in [0.15, 0.2) is 0 Å². The fraction of sp³-hybridized carbons (Fsp3) is 0.455. The van der Waals surface area contributed by atoms with Crippen molar-refractivity contribution < 1.29 is 14.1 Å². The number of ether oxygens (including phenoxy) is 1. The Balaban J connectivity index is 1.66. The van der Waals surface area contributed by atoms with Crippen molar-refractivity contribution in [3.8, 4) is 0 Å². The zero-order chi connectivity index (χ0) is 20.7. The number of amides is 1. The lowest BCUT2D eigenvalue weighted by atomic mass is 10.1. The van der Waals surface area contributed by atoms with E-state index in [1.165, 1.54) is 4.40 Å². The number of nitrogens with two attached hydrogens (primary N) is 1. The monoisotopic (exact) mass is 408 g/mol. The van der Waals surface area contributed by atoms with E-state index in [-0.39, 0.29) is 23.6 Å². The van der Waals surface area contributed by atoms with Crippen LogP contribution in [0.1, 0.15) is 54.9 Å². The van der Waals surface area contributed by atoms with E-state index in [4.69, 9.17) is 15.5 Å². The second-order valence-electron chi connectivity index (χ2n) is 8.18. The van der Waals surface area contributed by atoms with Crippen LogP contribution in [0.25, 0.3) is 16.7 Å². The van der Waals surface area contributed by atoms with Crippen molar-refractivity contribution in [1.82, 2.24) is 14.7 Å². The van der Waals surface area contributed by atoms with Gasteiger partial charge in [0.05, 0.1) is 12.1 Å². The number of nitrogens with zero attached hydrogens (tertiary/aromatic N) is 3. The molecular weight excluding hydrogens is 382 g/mol. The Hall–Kier alpha value is -3.00. The molecule has 1 amide bonds. The molecule has 0 radical (unpaired) electrons. The summed E-state index contributed by atoms with van der Waals surface area (Å²) in [5.74, 6) is 0.0839. The van der Waals surface area contributed by atoms with Crippen molar-refractivity contribution in [3.63, 3.8) is 0 Å². The van der Waals surface area contributed by atoms with Crippen molar-refractivity contribution in [2.45, 2.75) is 50.7 Å². The molecule has 0 bridgehead atoms. The van der Waals surface area contributed by atoms with E-state index in [9.17, 15) is 9.59 Å². The number of pyridine rings is 2. The number of rotatable bonds is 4. The lowest BCUT2D eigenvalue weighted by Gasteiger charge is -2.17. The third-order valence-corrected chi connectivity index (χ3v) is 6.25. The first-order valence-corrected chi connectivity index (χ1v) is 10.7. The molecule has 3 aromatic rings. The lowest BCUT2D eigenvalue weighted by molar-refractivity contribution is -0.685. The van der Waals surface area contributed by atoms with Gasteiger partial charge in [-0.2, -0.15) is 0 Å². The van der Waals surface area contributed by atoms with E-state index in [0.29, 0.717) is 34.6 Å². The molecular formula is C22H26N5O3+. The topological polar surface area (TPSA) is 103 Å². The SMILES string of the molecule is Nc1c(C(=O)NC[C@H]2CCCO2)cc2c(=O)n3ccccc3nc2[n+]1C1CCCC1. The second kappa shape index (κ2) is 7.68. The molecule has 1 saturated carbocycles. The molecule has 156 valence electrons. The number of carbonyl (C=O) groups is 1. The molecule has 1 aliphatic heterocycles. The van der Waals surface area contributed by atoms with E-state index in [1.54, 1.807) is 24.4 Å². The molecule has 4 heterocycles. The van der Waals surface area contributed by atoms with E-state index in [2.05, 4.69) is 5.32 Å². The molecule has 3 aromatic heterocycles. The van der Waals surface area contributed by atoms with Crippen LogP contribution in [0.5, 0.6) is 0 Å². The first-order chi connectivity index (χ1) is 14.6. The van der Waals surface area contributed by atoms with Crippen LogP contribution in [0.4, 0.5) is 5.82 Å². The molecule has 2 fully saturated rings. The Morgan fingerprint density at radius 3 is 2.87 bits per heavy atom. The van der Waals surface area contributed by atoms with Gasteiger partial charge in [0, 0.05) is 19.3 Å². The van der Waals surface area contributed by atoms with E-state index < -0.39 is 0 Å². The molecule has 5 rings (SSSR count). The maximum Gasteiger partial charge on any atom is 0.278 e. The molecule has 8 heteroatoms. The molecule has 8 nitrogen and oxygen atoms in total. The van der Waals surface area contributed by atoms with Crippen LogP contribution in [0.3, 0.4) is 0 Å². The van der Waals surface area contributed by atoms with Crippen LogP contribution in [0, 0.1) is 0 Å². The number of nitrogen functional groups attached to an aromatic ring is 1. The maximum absolute atomic E-state index is 13.2. The number of carbonyl (C=O) groups excluding carboxylic acids is 1. The Morgan fingerprint density at radius 1 is 1.27 bits per heavy atom. The van der Waals surface area contributed by atoms with Gasteiger partial charge in [-0.25, -0.2) is 4.57 Å². The molecule has 30 heavy (non-hydrogen) atoms. The molecule has 1 aliphatic carbocycles. The summed E-state index contributed by atoms with van der Waals surface area (Å²) in [6.07, 6.45) is 7.79. The summed E-state index contributed by atoms with van der Waals surface area (Å²) < 4.78 is 9.02. The average molecular weight is 408 g/mol. The predicted octanol–water partition coefficient (Wildman–Crippen LogP) is 1.74. The number of fused-ring (bicyclic) bond motifs is 2. The Labute approximate surface area is 173 Å². The molecule has 0 aromatic carbocycles. The third-order valence-electron chi connectivity index (χ3n) is 6.25. The van der Waals surface area contributed by atoms with Crippen molar-refractivity contribution in [2.24, 2.45) is 0 Å². The number of hydrogen-bond acceptors (Lipinski definition) is 5. The van der Waals surface area contributed by atoms with Crippen LogP contribution in [-0.2, 0) is 4.74 Å². The summed E-state index contributed by atoms with van der Waals surface area (Å²) in [5.41, 5.74) is 7.77. The largest absolute Gasteiger partial charge is 0.376 e. The Kier molecular flexibility index (Phi) is 4.86. The van der Waals surface area contributed by atoms with Gasteiger partial charge in [0.2, 0.25) is 11.5 Å². The summed E-state index contributed by atoms with van der Waals surface area (Å²) in [5, 5.41) is 3.34. The number of nitrogens with one attached hydrogen (secondary N) is 1. The molecule has 1 atom stereocenters. The summed E-state index contributed by atoms with van der Waals surface area (Å²) in [7, 11) is 0. The van der Waals surface area contributed by atoms with Crippen LogP contribution in [0.15, 0.2) is 35.3 Å². The second-order valence-corrected chi connectivity index (χ2v) is 8.18. The zero-order valence-electron chi connectivity index (χ0n) is 16.8. The summed E-state index contributed by atoms with van der Waals surface area (Å²) in [6.45, 7) is 1.17. The number of aromatic nitrogens is 3. The minimum absolute atomic E-state index is 0.0359. The quantitative estimate of drug-likeness (QED) is 0.506. The first kappa shape index (κ1) is 19.0. The van der Waals surface area contributed by atoms with Gasteiger partial charge in [-0.05, 0) is 56.7 Å². The van der Waals surface area contributed by atoms with Crippen molar-refractivity contribution in [3.05, 3.63) is 46.4 Å². The van der Waals surface area contributed by atoms with Gasteiger partial charge in [0.25, 0.3) is 17.1 Å². The fourth-order valence-corrected chi connectivity index (χ4v) is 4.68. The third kappa shape index (κ3) is 3.21. The van der Waals surface area contributed by atoms with Crippen molar-refractivity contribution in [1.29, 1.82) is 0 Å². The van der Waals surface area contributed by atoms with Gasteiger partial charge >= 0.3 is 0 Å². The minimum Gasteiger partial charge on any atom is -0.376 e. The van der Waals surface area contributed by atoms with E-state index in [1.807, 2.05) is 10.6 Å². The fourth-order valence-electron chi connectivity index (χ4n) is 4.68. The van der Waals surface area contributed by atoms with Crippen molar-refractivity contribution in [2.75, 3.05) is 18.9 Å². The van der Waals surface area contributed by atoms with Crippen LogP contribution in [0.2, 0.25) is 0 Å². The predicted molar refractivity (Wildman–Crippen MR) is 112 cm³/mol. The zero-order valence-corrected chi connectivity index (χ0v) is 16.8. The molecule has 1 saturated heterocycles. The molecule has 0 spiro atoms. The molecule has 0 unspecified atom stereocenters. The van der Waals surface area contributed by atoms with Crippen molar-refractivity contribution >= 4 is 28.4 Å². The number of hydrogen-bond donors (Lipinski definition) is 2. The average Bonchev–Trinajstić information content (AvgIpc) is 3.46. The summed E-state index contributed by atoms with van der Waals surface area (Å²) >= 11 is 0. The first-order valence-electron chi connectivity index (χ1n) is 10.7. The standard InChI is InChI=1S/C22H25N5O3/c23-19-16(21(28)24-13-15-8-5-11-30-15)12-17-20(27(19)14-6-1-2-7-14)25-18-9-3-4-10-26(18)22(17)29/h3-4,9-10,12,14-15,23H,1-2,5-8,11,13H2,(H,24,28)/p+1/t15-/m1/s1. The maximum atomic E-state index is 13.2. The van der Waals surface area contributed by atoms with Gasteiger partial charge in [-0.3, -0.25) is 14.0 Å².